The SMILES string of the molecule is CN(C(=O)Cc1ccccc1Br)c1cc(N)ccn1. The van der Waals surface area contributed by atoms with E-state index in [9.17, 15) is 4.79 Å². The highest BCUT2D eigenvalue weighted by molar-refractivity contribution is 9.10. The molecule has 5 heteroatoms. The van der Waals surface area contributed by atoms with E-state index in [1.165, 1.54) is 4.90 Å². The number of pyridine rings is 1. The fraction of sp³-hybridized carbons (Fsp3) is 0.143. The van der Waals surface area contributed by atoms with Crippen LogP contribution in [-0.4, -0.2) is 17.9 Å². The molecule has 0 atom stereocenters. The van der Waals surface area contributed by atoms with Crippen molar-refractivity contribution in [3.63, 3.8) is 0 Å². The average Bonchev–Trinajstić information content (AvgIpc) is 2.40. The number of hydrogen-bond donors (Lipinski definition) is 1. The first kappa shape index (κ1) is 13.5. The van der Waals surface area contributed by atoms with Crippen molar-refractivity contribution in [1.82, 2.24) is 4.98 Å². The van der Waals surface area contributed by atoms with Crippen molar-refractivity contribution in [2.45, 2.75) is 6.42 Å². The molecule has 2 N–H and O–H groups in total. The van der Waals surface area contributed by atoms with Gasteiger partial charge in [-0.15, -0.1) is 0 Å². The van der Waals surface area contributed by atoms with Crippen molar-refractivity contribution < 1.29 is 4.79 Å². The number of carbonyl (C=O) groups excluding carboxylic acids is 1. The molecule has 0 spiro atoms. The molecule has 1 aromatic carbocycles. The molecule has 2 rings (SSSR count). The van der Waals surface area contributed by atoms with Gasteiger partial charge in [0.15, 0.2) is 0 Å². The minimum atomic E-state index is -0.0370. The molecule has 2 aromatic rings. The molecule has 0 fully saturated rings. The number of nitrogens with zero attached hydrogens (tertiary/aromatic N) is 2. The van der Waals surface area contributed by atoms with E-state index >= 15 is 0 Å². The maximum absolute atomic E-state index is 12.2. The van der Waals surface area contributed by atoms with Crippen LogP contribution in [0.25, 0.3) is 0 Å². The predicted octanol–water partition coefficient (Wildman–Crippen LogP) is 2.63. The maximum atomic E-state index is 12.2. The second-order valence-corrected chi connectivity index (χ2v) is 5.02. The van der Waals surface area contributed by atoms with Crippen LogP contribution in [0, 0.1) is 0 Å². The number of nitrogens with two attached hydrogens (primary N) is 1. The number of benzene rings is 1. The van der Waals surface area contributed by atoms with Crippen molar-refractivity contribution in [3.8, 4) is 0 Å². The Kier molecular flexibility index (Phi) is 4.16. The summed E-state index contributed by atoms with van der Waals surface area (Å²) in [5.41, 5.74) is 7.22. The summed E-state index contributed by atoms with van der Waals surface area (Å²) in [6.45, 7) is 0. The van der Waals surface area contributed by atoms with Gasteiger partial charge in [0, 0.05) is 29.5 Å². The van der Waals surface area contributed by atoms with Crippen LogP contribution in [0.15, 0.2) is 47.1 Å². The van der Waals surface area contributed by atoms with Crippen LogP contribution in [0.4, 0.5) is 11.5 Å². The highest BCUT2D eigenvalue weighted by atomic mass is 79.9. The first-order chi connectivity index (χ1) is 9.08. The van der Waals surface area contributed by atoms with Crippen molar-refractivity contribution in [2.24, 2.45) is 0 Å². The third-order valence-corrected chi connectivity index (χ3v) is 3.56. The zero-order chi connectivity index (χ0) is 13.8. The molecule has 0 aliphatic carbocycles. The van der Waals surface area contributed by atoms with E-state index in [1.807, 2.05) is 24.3 Å². The number of hydrogen-bond acceptors (Lipinski definition) is 3. The molecule has 0 aliphatic rings. The van der Waals surface area contributed by atoms with Gasteiger partial charge in [-0.25, -0.2) is 4.98 Å². The molecule has 4 nitrogen and oxygen atoms in total. The number of anilines is 2. The lowest BCUT2D eigenvalue weighted by atomic mass is 10.1. The molecule has 0 aliphatic heterocycles. The average molecular weight is 320 g/mol. The summed E-state index contributed by atoms with van der Waals surface area (Å²) in [7, 11) is 1.70. The summed E-state index contributed by atoms with van der Waals surface area (Å²) in [6, 6.07) is 11.0. The molecule has 1 amide bonds. The molecule has 0 unspecified atom stereocenters. The number of aromatic nitrogens is 1. The second kappa shape index (κ2) is 5.84. The predicted molar refractivity (Wildman–Crippen MR) is 79.9 cm³/mol. The number of carbonyl (C=O) groups is 1. The van der Waals surface area contributed by atoms with Crippen LogP contribution < -0.4 is 10.6 Å². The van der Waals surface area contributed by atoms with Gasteiger partial charge in [0.2, 0.25) is 5.91 Å². The molecule has 1 heterocycles. The van der Waals surface area contributed by atoms with Gasteiger partial charge in [-0.05, 0) is 17.7 Å². The first-order valence-electron chi connectivity index (χ1n) is 5.79. The zero-order valence-electron chi connectivity index (χ0n) is 10.5. The van der Waals surface area contributed by atoms with E-state index in [0.717, 1.165) is 10.0 Å². The summed E-state index contributed by atoms with van der Waals surface area (Å²) in [6.07, 6.45) is 1.90. The number of rotatable bonds is 3. The number of likely N-dealkylation sites (N-methyl/N-ethyl adjacent to an activating group) is 1. The molecule has 98 valence electrons. The van der Waals surface area contributed by atoms with Crippen molar-refractivity contribution >= 4 is 33.3 Å². The summed E-state index contributed by atoms with van der Waals surface area (Å²) in [5.74, 6) is 0.516. The van der Waals surface area contributed by atoms with Gasteiger partial charge in [0.05, 0.1) is 6.42 Å². The van der Waals surface area contributed by atoms with E-state index in [-0.39, 0.29) is 5.91 Å². The fourth-order valence-electron chi connectivity index (χ4n) is 1.67. The Balaban J connectivity index is 2.14. The van der Waals surface area contributed by atoms with Crippen LogP contribution in [0.5, 0.6) is 0 Å². The van der Waals surface area contributed by atoms with Crippen molar-refractivity contribution in [2.75, 3.05) is 17.7 Å². The van der Waals surface area contributed by atoms with E-state index in [4.69, 9.17) is 5.73 Å². The van der Waals surface area contributed by atoms with Gasteiger partial charge >= 0.3 is 0 Å². The minimum Gasteiger partial charge on any atom is -0.399 e. The number of halogens is 1. The van der Waals surface area contributed by atoms with Gasteiger partial charge in [-0.3, -0.25) is 9.69 Å². The van der Waals surface area contributed by atoms with Gasteiger partial charge in [-0.2, -0.15) is 0 Å². The van der Waals surface area contributed by atoms with Crippen LogP contribution in [0.1, 0.15) is 5.56 Å². The number of nitrogen functional groups attached to an aromatic ring is 1. The first-order valence-corrected chi connectivity index (χ1v) is 6.58. The lowest BCUT2D eigenvalue weighted by Gasteiger charge is -2.16. The minimum absolute atomic E-state index is 0.0370. The quantitative estimate of drug-likeness (QED) is 0.946. The third-order valence-electron chi connectivity index (χ3n) is 2.79. The standard InChI is InChI=1S/C14H14BrN3O/c1-18(13-9-11(16)6-7-17-13)14(19)8-10-4-2-3-5-12(10)15/h2-7,9H,8H2,1H3,(H2,16,17). The van der Waals surface area contributed by atoms with Gasteiger partial charge < -0.3 is 5.73 Å². The van der Waals surface area contributed by atoms with Crippen LogP contribution >= 0.6 is 15.9 Å². The number of amides is 1. The van der Waals surface area contributed by atoms with Crippen LogP contribution in [0.2, 0.25) is 0 Å². The zero-order valence-corrected chi connectivity index (χ0v) is 12.1. The molecular formula is C14H14BrN3O. The van der Waals surface area contributed by atoms with E-state index in [1.54, 1.807) is 25.4 Å². The van der Waals surface area contributed by atoms with Crippen molar-refractivity contribution in [3.05, 3.63) is 52.6 Å². The normalized spacial score (nSPS) is 10.2. The van der Waals surface area contributed by atoms with E-state index in [0.29, 0.717) is 17.9 Å². The van der Waals surface area contributed by atoms with Crippen molar-refractivity contribution in [1.29, 1.82) is 0 Å². The third kappa shape index (κ3) is 3.32. The Labute approximate surface area is 120 Å². The highest BCUT2D eigenvalue weighted by Gasteiger charge is 2.14. The topological polar surface area (TPSA) is 59.2 Å². The summed E-state index contributed by atoms with van der Waals surface area (Å²) in [5, 5.41) is 0. The maximum Gasteiger partial charge on any atom is 0.232 e. The Bertz CT molecular complexity index is 601. The summed E-state index contributed by atoms with van der Waals surface area (Å²) < 4.78 is 0.928. The van der Waals surface area contributed by atoms with E-state index < -0.39 is 0 Å². The molecule has 0 bridgehead atoms. The summed E-state index contributed by atoms with van der Waals surface area (Å²) in [4.78, 5) is 17.8. The van der Waals surface area contributed by atoms with Gasteiger partial charge in [0.25, 0.3) is 0 Å². The Hall–Kier alpha value is -1.88. The van der Waals surface area contributed by atoms with Gasteiger partial charge in [-0.1, -0.05) is 34.1 Å². The molecule has 0 radical (unpaired) electrons. The van der Waals surface area contributed by atoms with E-state index in [2.05, 4.69) is 20.9 Å². The lowest BCUT2D eigenvalue weighted by Crippen LogP contribution is -2.28. The van der Waals surface area contributed by atoms with Gasteiger partial charge in [0.1, 0.15) is 5.82 Å². The Morgan fingerprint density at radius 2 is 2.11 bits per heavy atom. The molecule has 1 aromatic heterocycles. The highest BCUT2D eigenvalue weighted by Crippen LogP contribution is 2.19. The smallest absolute Gasteiger partial charge is 0.232 e. The fourth-order valence-corrected chi connectivity index (χ4v) is 2.09. The molecular weight excluding hydrogens is 306 g/mol. The molecule has 0 saturated carbocycles. The molecule has 19 heavy (non-hydrogen) atoms. The molecule has 0 saturated heterocycles. The Morgan fingerprint density at radius 1 is 1.37 bits per heavy atom. The second-order valence-electron chi connectivity index (χ2n) is 4.17. The van der Waals surface area contributed by atoms with Crippen LogP contribution in [0.3, 0.4) is 0 Å². The summed E-state index contributed by atoms with van der Waals surface area (Å²) >= 11 is 3.44. The lowest BCUT2D eigenvalue weighted by molar-refractivity contribution is -0.117. The monoisotopic (exact) mass is 319 g/mol. The largest absolute Gasteiger partial charge is 0.399 e. The van der Waals surface area contributed by atoms with Crippen LogP contribution in [-0.2, 0) is 11.2 Å². The Morgan fingerprint density at radius 3 is 2.79 bits per heavy atom.